The quantitative estimate of drug-likeness (QED) is 0.584. The van der Waals surface area contributed by atoms with Gasteiger partial charge in [0.2, 0.25) is 5.91 Å². The number of ether oxygens (including phenoxy) is 2. The Kier molecular flexibility index (Phi) is 6.37. The fourth-order valence-electron chi connectivity index (χ4n) is 1.95. The second kappa shape index (κ2) is 8.49. The molecule has 0 heterocycles. The molecule has 0 atom stereocenters. The zero-order valence-corrected chi connectivity index (χ0v) is 15.1. The van der Waals surface area contributed by atoms with E-state index < -0.39 is 5.97 Å². The summed E-state index contributed by atoms with van der Waals surface area (Å²) in [5, 5.41) is 2.72. The van der Waals surface area contributed by atoms with E-state index in [9.17, 15) is 9.59 Å². The van der Waals surface area contributed by atoms with Crippen molar-refractivity contribution in [3.63, 3.8) is 0 Å². The second-order valence-electron chi connectivity index (χ2n) is 4.90. The predicted molar refractivity (Wildman–Crippen MR) is 95.6 cm³/mol. The minimum Gasteiger partial charge on any atom is -0.493 e. The van der Waals surface area contributed by atoms with Crippen molar-refractivity contribution < 1.29 is 19.1 Å². The van der Waals surface area contributed by atoms with Crippen LogP contribution < -0.4 is 14.8 Å². The average molecular weight is 392 g/mol. The molecule has 0 aliphatic rings. The number of nitrogens with one attached hydrogen (secondary N) is 1. The second-order valence-corrected chi connectivity index (χ2v) is 5.75. The van der Waals surface area contributed by atoms with Crippen LogP contribution in [0.3, 0.4) is 0 Å². The molecule has 1 N–H and O–H groups in total. The Labute approximate surface area is 149 Å². The van der Waals surface area contributed by atoms with E-state index in [4.69, 9.17) is 9.47 Å². The highest BCUT2D eigenvalue weighted by Gasteiger charge is 2.12. The number of hydrogen-bond donors (Lipinski definition) is 1. The number of halogens is 1. The fraction of sp³-hybridized carbons (Fsp3) is 0.222. The molecule has 0 saturated carbocycles. The van der Waals surface area contributed by atoms with Crippen molar-refractivity contribution >= 4 is 33.5 Å². The van der Waals surface area contributed by atoms with Crippen LogP contribution in [0.5, 0.6) is 11.5 Å². The molecule has 0 bridgehead atoms. The van der Waals surface area contributed by atoms with Crippen LogP contribution in [0.2, 0.25) is 0 Å². The van der Waals surface area contributed by atoms with E-state index in [1.807, 2.05) is 6.92 Å². The van der Waals surface area contributed by atoms with Crippen molar-refractivity contribution in [1.82, 2.24) is 0 Å². The van der Waals surface area contributed by atoms with E-state index in [0.717, 1.165) is 0 Å². The van der Waals surface area contributed by atoms with Crippen LogP contribution in [0.1, 0.15) is 30.6 Å². The Balaban J connectivity index is 2.10. The van der Waals surface area contributed by atoms with Gasteiger partial charge in [-0.15, -0.1) is 0 Å². The lowest BCUT2D eigenvalue weighted by Gasteiger charge is -2.09. The van der Waals surface area contributed by atoms with Gasteiger partial charge in [-0.2, -0.15) is 0 Å². The molecule has 2 aromatic carbocycles. The van der Waals surface area contributed by atoms with Crippen molar-refractivity contribution in [2.75, 3.05) is 11.9 Å². The normalized spacial score (nSPS) is 10.1. The van der Waals surface area contributed by atoms with Gasteiger partial charge in [-0.1, -0.05) is 13.0 Å². The van der Waals surface area contributed by atoms with E-state index in [1.165, 1.54) is 0 Å². The third-order valence-electron chi connectivity index (χ3n) is 3.12. The maximum absolute atomic E-state index is 12.3. The van der Waals surface area contributed by atoms with Crippen molar-refractivity contribution in [2.45, 2.75) is 20.3 Å². The summed E-state index contributed by atoms with van der Waals surface area (Å²) in [5.41, 5.74) is 0.980. The molecule has 0 unspecified atom stereocenters. The lowest BCUT2D eigenvalue weighted by Crippen LogP contribution is -2.11. The molecule has 6 heteroatoms. The van der Waals surface area contributed by atoms with Crippen molar-refractivity contribution in [2.24, 2.45) is 0 Å². The number of carbonyl (C=O) groups excluding carboxylic acids is 2. The molecule has 0 aromatic heterocycles. The number of amides is 1. The van der Waals surface area contributed by atoms with Crippen LogP contribution in [0.15, 0.2) is 46.9 Å². The van der Waals surface area contributed by atoms with Gasteiger partial charge in [0.05, 0.1) is 16.6 Å². The summed E-state index contributed by atoms with van der Waals surface area (Å²) in [4.78, 5) is 23.7. The predicted octanol–water partition coefficient (Wildman–Crippen LogP) is 4.42. The third-order valence-corrected chi connectivity index (χ3v) is 3.74. The summed E-state index contributed by atoms with van der Waals surface area (Å²) in [6, 6.07) is 11.7. The number of hydrogen-bond acceptors (Lipinski definition) is 4. The standard InChI is InChI=1S/C18H18BrNO4/c1-3-17(21)20-13-6-5-7-14(11-13)24-18(22)12-8-9-16(23-4-2)15(19)10-12/h5-11H,3-4H2,1-2H3,(H,20,21). The molecule has 0 saturated heterocycles. The van der Waals surface area contributed by atoms with Gasteiger partial charge in [-0.3, -0.25) is 4.79 Å². The van der Waals surface area contributed by atoms with Crippen molar-refractivity contribution in [1.29, 1.82) is 0 Å². The van der Waals surface area contributed by atoms with Gasteiger partial charge in [-0.05, 0) is 53.2 Å². The Hall–Kier alpha value is -2.34. The largest absolute Gasteiger partial charge is 0.493 e. The fourth-order valence-corrected chi connectivity index (χ4v) is 2.45. The van der Waals surface area contributed by atoms with E-state index in [0.29, 0.717) is 40.3 Å². The first-order valence-corrected chi connectivity index (χ1v) is 8.37. The SMILES string of the molecule is CCOc1ccc(C(=O)Oc2cccc(NC(=O)CC)c2)cc1Br. The number of esters is 1. The summed E-state index contributed by atoms with van der Waals surface area (Å²) in [5.74, 6) is 0.434. The molecular formula is C18H18BrNO4. The van der Waals surface area contributed by atoms with Gasteiger partial charge in [-0.25, -0.2) is 4.79 Å². The Morgan fingerprint density at radius 3 is 2.58 bits per heavy atom. The number of anilines is 1. The van der Waals surface area contributed by atoms with Crippen molar-refractivity contribution in [3.8, 4) is 11.5 Å². The zero-order chi connectivity index (χ0) is 17.5. The highest BCUT2D eigenvalue weighted by atomic mass is 79.9. The molecule has 0 fully saturated rings. The van der Waals surface area contributed by atoms with Crippen molar-refractivity contribution in [3.05, 3.63) is 52.5 Å². The first-order valence-electron chi connectivity index (χ1n) is 7.58. The first kappa shape index (κ1) is 18.0. The molecule has 24 heavy (non-hydrogen) atoms. The zero-order valence-electron chi connectivity index (χ0n) is 13.5. The van der Waals surface area contributed by atoms with Crippen LogP contribution in [-0.4, -0.2) is 18.5 Å². The van der Waals surface area contributed by atoms with Crippen LogP contribution in [-0.2, 0) is 4.79 Å². The van der Waals surface area contributed by atoms with Gasteiger partial charge in [0.25, 0.3) is 0 Å². The maximum Gasteiger partial charge on any atom is 0.343 e. The van der Waals surface area contributed by atoms with E-state index in [2.05, 4.69) is 21.2 Å². The molecule has 0 aliphatic carbocycles. The molecule has 2 aromatic rings. The summed E-state index contributed by atoms with van der Waals surface area (Å²) in [6.45, 7) is 4.20. The van der Waals surface area contributed by atoms with Gasteiger partial charge in [0.15, 0.2) is 0 Å². The minimum atomic E-state index is -0.488. The molecular weight excluding hydrogens is 374 g/mol. The smallest absolute Gasteiger partial charge is 0.343 e. The van der Waals surface area contributed by atoms with Gasteiger partial charge in [0.1, 0.15) is 11.5 Å². The molecule has 1 amide bonds. The lowest BCUT2D eigenvalue weighted by atomic mass is 10.2. The summed E-state index contributed by atoms with van der Waals surface area (Å²) >= 11 is 3.37. The average Bonchev–Trinajstić information content (AvgIpc) is 2.57. The summed E-state index contributed by atoms with van der Waals surface area (Å²) < 4.78 is 11.5. The lowest BCUT2D eigenvalue weighted by molar-refractivity contribution is -0.115. The summed E-state index contributed by atoms with van der Waals surface area (Å²) in [7, 11) is 0. The van der Waals surface area contributed by atoms with Gasteiger partial charge < -0.3 is 14.8 Å². The van der Waals surface area contributed by atoms with Crippen LogP contribution in [0, 0.1) is 0 Å². The number of carbonyl (C=O) groups is 2. The first-order chi connectivity index (χ1) is 11.5. The maximum atomic E-state index is 12.3. The molecule has 5 nitrogen and oxygen atoms in total. The number of benzene rings is 2. The third kappa shape index (κ3) is 4.83. The highest BCUT2D eigenvalue weighted by molar-refractivity contribution is 9.10. The Morgan fingerprint density at radius 1 is 1.12 bits per heavy atom. The van der Waals surface area contributed by atoms with Gasteiger partial charge >= 0.3 is 5.97 Å². The van der Waals surface area contributed by atoms with Crippen LogP contribution in [0.4, 0.5) is 5.69 Å². The highest BCUT2D eigenvalue weighted by Crippen LogP contribution is 2.27. The van der Waals surface area contributed by atoms with Gasteiger partial charge in [0, 0.05) is 18.2 Å². The van der Waals surface area contributed by atoms with E-state index in [-0.39, 0.29) is 5.91 Å². The molecule has 0 radical (unpaired) electrons. The topological polar surface area (TPSA) is 64.6 Å². The molecule has 0 spiro atoms. The molecule has 0 aliphatic heterocycles. The molecule has 2 rings (SSSR count). The molecule has 126 valence electrons. The van der Waals surface area contributed by atoms with Crippen LogP contribution in [0.25, 0.3) is 0 Å². The number of rotatable bonds is 6. The monoisotopic (exact) mass is 391 g/mol. The summed E-state index contributed by atoms with van der Waals surface area (Å²) in [6.07, 6.45) is 0.379. The van der Waals surface area contributed by atoms with E-state index in [1.54, 1.807) is 49.4 Å². The van der Waals surface area contributed by atoms with E-state index >= 15 is 0 Å². The Bertz CT molecular complexity index is 746. The Morgan fingerprint density at radius 2 is 1.92 bits per heavy atom. The minimum absolute atomic E-state index is 0.103. The van der Waals surface area contributed by atoms with Crippen LogP contribution >= 0.6 is 15.9 Å².